The molecule has 0 aliphatic carbocycles. The van der Waals surface area contributed by atoms with Crippen molar-refractivity contribution in [2.24, 2.45) is 0 Å². The number of aromatic hydroxyl groups is 1. The minimum atomic E-state index is -0.157. The summed E-state index contributed by atoms with van der Waals surface area (Å²) in [6, 6.07) is 15.0. The number of hydrogen-bond donors (Lipinski definition) is 1. The molecule has 0 radical (unpaired) electrons. The van der Waals surface area contributed by atoms with Crippen molar-refractivity contribution < 1.29 is 5.11 Å². The molecule has 3 aromatic rings. The van der Waals surface area contributed by atoms with Gasteiger partial charge in [0.1, 0.15) is 5.75 Å². The first-order valence-electron chi connectivity index (χ1n) is 16.7. The number of hydrogen-bond acceptors (Lipinski definition) is 3. The van der Waals surface area contributed by atoms with Crippen LogP contribution in [0.5, 0.6) is 5.75 Å². The Morgan fingerprint density at radius 1 is 0.524 bits per heavy atom. The number of rotatable bonds is 3. The van der Waals surface area contributed by atoms with E-state index < -0.39 is 0 Å². The second-order valence-corrected chi connectivity index (χ2v) is 15.7. The van der Waals surface area contributed by atoms with Crippen molar-refractivity contribution in [3.8, 4) is 5.75 Å². The molecule has 0 unspecified atom stereocenters. The standard InChI is InChI=1S/C39H50N2O/c1-38(2,3)32-23-31(24-33(37(32)42)39(4,5)6)34(29-19-25-11-7-15-40-16-8-12-26(20-29)35(25)40)30-21-27-13-9-17-41-18-10-14-28(22-30)36(27)41/h19-24,34,42H,7-18H2,1-6H3. The Balaban J connectivity index is 1.49. The summed E-state index contributed by atoms with van der Waals surface area (Å²) >= 11 is 0. The van der Waals surface area contributed by atoms with E-state index >= 15 is 0 Å². The molecule has 0 amide bonds. The molecule has 7 rings (SSSR count). The average molecular weight is 563 g/mol. The Kier molecular flexibility index (Phi) is 6.68. The smallest absolute Gasteiger partial charge is 0.123 e. The number of anilines is 2. The molecule has 1 N–H and O–H groups in total. The number of nitrogens with zero attached hydrogens (tertiary/aromatic N) is 2. The van der Waals surface area contributed by atoms with Crippen LogP contribution in [-0.2, 0) is 36.5 Å². The molecule has 42 heavy (non-hydrogen) atoms. The third-order valence-corrected chi connectivity index (χ3v) is 10.5. The molecule has 0 saturated heterocycles. The van der Waals surface area contributed by atoms with Crippen molar-refractivity contribution in [3.05, 3.63) is 86.5 Å². The molecule has 4 aliphatic heterocycles. The lowest BCUT2D eigenvalue weighted by atomic mass is 9.74. The summed E-state index contributed by atoms with van der Waals surface area (Å²) in [5.41, 5.74) is 15.3. The first-order chi connectivity index (χ1) is 20.0. The van der Waals surface area contributed by atoms with Crippen molar-refractivity contribution in [3.63, 3.8) is 0 Å². The van der Waals surface area contributed by atoms with Gasteiger partial charge < -0.3 is 14.9 Å². The Bertz CT molecular complexity index is 1360. The Morgan fingerprint density at radius 2 is 0.833 bits per heavy atom. The summed E-state index contributed by atoms with van der Waals surface area (Å²) in [6.45, 7) is 18.2. The van der Waals surface area contributed by atoms with Gasteiger partial charge in [0.15, 0.2) is 0 Å². The third-order valence-electron chi connectivity index (χ3n) is 10.5. The SMILES string of the molecule is CC(C)(C)c1cc(C(c2cc3c4c(c2)CCCN4CCC3)c2cc3c4c(c2)CCCN4CCC3)cc(C(C)(C)C)c1O. The lowest BCUT2D eigenvalue weighted by Gasteiger charge is -2.39. The number of aryl methyl sites for hydroxylation is 4. The molecule has 4 aliphatic rings. The van der Waals surface area contributed by atoms with Crippen molar-refractivity contribution in [1.29, 1.82) is 0 Å². The van der Waals surface area contributed by atoms with E-state index in [1.165, 1.54) is 94.2 Å². The normalized spacial score (nSPS) is 18.3. The van der Waals surface area contributed by atoms with E-state index in [0.29, 0.717) is 5.75 Å². The lowest BCUT2D eigenvalue weighted by Crippen LogP contribution is -2.35. The van der Waals surface area contributed by atoms with Crippen LogP contribution in [0.3, 0.4) is 0 Å². The van der Waals surface area contributed by atoms with Crippen molar-refractivity contribution in [2.75, 3.05) is 36.0 Å². The maximum atomic E-state index is 11.7. The molecule has 222 valence electrons. The zero-order valence-electron chi connectivity index (χ0n) is 26.9. The second-order valence-electron chi connectivity index (χ2n) is 15.7. The fourth-order valence-corrected chi connectivity index (χ4v) is 8.54. The van der Waals surface area contributed by atoms with Gasteiger partial charge in [0.25, 0.3) is 0 Å². The highest BCUT2D eigenvalue weighted by Gasteiger charge is 2.33. The molecule has 0 bridgehead atoms. The Labute approximate surface area is 253 Å². The van der Waals surface area contributed by atoms with Gasteiger partial charge in [-0.25, -0.2) is 0 Å². The molecule has 0 aromatic heterocycles. The minimum Gasteiger partial charge on any atom is -0.507 e. The minimum absolute atomic E-state index is 0.144. The van der Waals surface area contributed by atoms with Crippen LogP contribution in [-0.4, -0.2) is 31.3 Å². The van der Waals surface area contributed by atoms with Crippen LogP contribution < -0.4 is 9.80 Å². The molecular formula is C39H50N2O. The van der Waals surface area contributed by atoms with Crippen LogP contribution in [0.25, 0.3) is 0 Å². The van der Waals surface area contributed by atoms with Crippen molar-refractivity contribution in [1.82, 2.24) is 0 Å². The van der Waals surface area contributed by atoms with E-state index in [1.807, 2.05) is 0 Å². The molecule has 0 spiro atoms. The number of phenolic OH excluding ortho intramolecular Hbond substituents is 1. The highest BCUT2D eigenvalue weighted by Crippen LogP contribution is 2.47. The monoisotopic (exact) mass is 562 g/mol. The van der Waals surface area contributed by atoms with Gasteiger partial charge in [-0.2, -0.15) is 0 Å². The van der Waals surface area contributed by atoms with E-state index in [9.17, 15) is 5.11 Å². The van der Waals surface area contributed by atoms with Crippen LogP contribution in [0.15, 0.2) is 36.4 Å². The van der Waals surface area contributed by atoms with Crippen LogP contribution in [0.1, 0.15) is 123 Å². The number of benzene rings is 3. The molecule has 0 saturated carbocycles. The number of phenols is 1. The van der Waals surface area contributed by atoms with Crippen LogP contribution >= 0.6 is 0 Å². The van der Waals surface area contributed by atoms with E-state index in [0.717, 1.165) is 11.1 Å². The third kappa shape index (κ3) is 4.72. The van der Waals surface area contributed by atoms with Crippen LogP contribution in [0, 0.1) is 0 Å². The topological polar surface area (TPSA) is 26.7 Å². The molecule has 3 aromatic carbocycles. The zero-order valence-corrected chi connectivity index (χ0v) is 26.9. The quantitative estimate of drug-likeness (QED) is 0.324. The average Bonchev–Trinajstić information content (AvgIpc) is 2.93. The Morgan fingerprint density at radius 3 is 1.14 bits per heavy atom. The second kappa shape index (κ2) is 10.1. The van der Waals surface area contributed by atoms with E-state index in [4.69, 9.17) is 0 Å². The predicted octanol–water partition coefficient (Wildman–Crippen LogP) is 8.57. The molecule has 0 fully saturated rings. The van der Waals surface area contributed by atoms with Gasteiger partial charge in [-0.05, 0) is 112 Å². The van der Waals surface area contributed by atoms with Crippen LogP contribution in [0.4, 0.5) is 11.4 Å². The van der Waals surface area contributed by atoms with Crippen molar-refractivity contribution >= 4 is 11.4 Å². The van der Waals surface area contributed by atoms with Crippen LogP contribution in [0.2, 0.25) is 0 Å². The summed E-state index contributed by atoms with van der Waals surface area (Å²) in [5.74, 6) is 0.621. The molecular weight excluding hydrogens is 512 g/mol. The largest absolute Gasteiger partial charge is 0.507 e. The van der Waals surface area contributed by atoms with E-state index in [2.05, 4.69) is 87.7 Å². The molecule has 0 atom stereocenters. The first-order valence-corrected chi connectivity index (χ1v) is 16.7. The summed E-state index contributed by atoms with van der Waals surface area (Å²) in [6.07, 6.45) is 9.73. The molecule has 3 nitrogen and oxygen atoms in total. The van der Waals surface area contributed by atoms with Gasteiger partial charge in [-0.15, -0.1) is 0 Å². The lowest BCUT2D eigenvalue weighted by molar-refractivity contribution is 0.422. The summed E-state index contributed by atoms with van der Waals surface area (Å²) < 4.78 is 0. The van der Waals surface area contributed by atoms with Gasteiger partial charge >= 0.3 is 0 Å². The van der Waals surface area contributed by atoms with Gasteiger partial charge in [-0.1, -0.05) is 77.9 Å². The van der Waals surface area contributed by atoms with Gasteiger partial charge in [0.2, 0.25) is 0 Å². The fourth-order valence-electron chi connectivity index (χ4n) is 8.54. The van der Waals surface area contributed by atoms with Gasteiger partial charge in [-0.3, -0.25) is 0 Å². The summed E-state index contributed by atoms with van der Waals surface area (Å²) in [4.78, 5) is 5.31. The van der Waals surface area contributed by atoms with Gasteiger partial charge in [0.05, 0.1) is 0 Å². The maximum Gasteiger partial charge on any atom is 0.123 e. The highest BCUT2D eigenvalue weighted by atomic mass is 16.3. The van der Waals surface area contributed by atoms with Crippen molar-refractivity contribution in [2.45, 2.75) is 110 Å². The van der Waals surface area contributed by atoms with E-state index in [1.54, 1.807) is 33.6 Å². The predicted molar refractivity (Wildman–Crippen MR) is 177 cm³/mol. The molecule has 3 heteroatoms. The summed E-state index contributed by atoms with van der Waals surface area (Å²) in [5, 5.41) is 11.7. The van der Waals surface area contributed by atoms with E-state index in [-0.39, 0.29) is 16.7 Å². The highest BCUT2D eigenvalue weighted by molar-refractivity contribution is 5.68. The Hall–Kier alpha value is -2.94. The zero-order chi connectivity index (χ0) is 29.4. The molecule has 4 heterocycles. The van der Waals surface area contributed by atoms with Gasteiger partial charge in [0, 0.05) is 43.5 Å². The summed E-state index contributed by atoms with van der Waals surface area (Å²) in [7, 11) is 0. The maximum absolute atomic E-state index is 11.7. The fraction of sp³-hybridized carbons (Fsp3) is 0.538. The first kappa shape index (κ1) is 27.9.